The number of ether oxygens (including phenoxy) is 1. The molecule has 0 aliphatic carbocycles. The molecule has 3 rings (SSSR count). The zero-order valence-electron chi connectivity index (χ0n) is 10.7. The lowest BCUT2D eigenvalue weighted by atomic mass is 10.1. The number of halogens is 3. The van der Waals surface area contributed by atoms with E-state index in [2.05, 4.69) is 0 Å². The zero-order chi connectivity index (χ0) is 14.4. The van der Waals surface area contributed by atoms with Gasteiger partial charge in [-0.05, 0) is 12.0 Å². The maximum atomic E-state index is 13.3. The summed E-state index contributed by atoms with van der Waals surface area (Å²) in [6, 6.07) is 8.63. The minimum atomic E-state index is -4.55. The molecule has 1 aromatic carbocycles. The van der Waals surface area contributed by atoms with Crippen LogP contribution in [0.15, 0.2) is 30.3 Å². The van der Waals surface area contributed by atoms with Crippen LogP contribution in [0, 0.1) is 0 Å². The van der Waals surface area contributed by atoms with Gasteiger partial charge in [-0.3, -0.25) is 4.79 Å². The highest BCUT2D eigenvalue weighted by atomic mass is 19.4. The fourth-order valence-electron chi connectivity index (χ4n) is 3.06. The van der Waals surface area contributed by atoms with Gasteiger partial charge in [-0.15, -0.1) is 0 Å². The summed E-state index contributed by atoms with van der Waals surface area (Å²) >= 11 is 0. The van der Waals surface area contributed by atoms with Crippen LogP contribution in [0.5, 0.6) is 0 Å². The summed E-state index contributed by atoms with van der Waals surface area (Å²) in [5, 5.41) is 0. The summed E-state index contributed by atoms with van der Waals surface area (Å²) in [6.45, 7) is -0.0693. The van der Waals surface area contributed by atoms with Gasteiger partial charge < -0.3 is 9.64 Å². The molecule has 1 aromatic rings. The largest absolute Gasteiger partial charge is 0.436 e. The number of rotatable bonds is 2. The predicted octanol–water partition coefficient (Wildman–Crippen LogP) is 2.51. The second kappa shape index (κ2) is 4.48. The molecule has 1 amide bonds. The van der Waals surface area contributed by atoms with Crippen molar-refractivity contribution in [2.75, 3.05) is 6.61 Å². The van der Waals surface area contributed by atoms with Crippen molar-refractivity contribution < 1.29 is 22.7 Å². The van der Waals surface area contributed by atoms with E-state index in [1.807, 2.05) is 30.3 Å². The third kappa shape index (κ3) is 1.90. The summed E-state index contributed by atoms with van der Waals surface area (Å²) in [6.07, 6.45) is -4.58. The summed E-state index contributed by atoms with van der Waals surface area (Å²) in [4.78, 5) is 12.8. The first kappa shape index (κ1) is 13.4. The van der Waals surface area contributed by atoms with Crippen LogP contribution in [0.1, 0.15) is 18.4 Å². The van der Waals surface area contributed by atoms with Crippen LogP contribution in [0.3, 0.4) is 0 Å². The average Bonchev–Trinajstić information content (AvgIpc) is 2.92. The molecule has 6 heteroatoms. The van der Waals surface area contributed by atoms with E-state index in [0.717, 1.165) is 10.5 Å². The van der Waals surface area contributed by atoms with Crippen LogP contribution >= 0.6 is 0 Å². The number of nitrogens with zero attached hydrogens (tertiary/aromatic N) is 1. The van der Waals surface area contributed by atoms with Gasteiger partial charge in [0.25, 0.3) is 0 Å². The standard InChI is InChI=1S/C14H14F3NO2/c15-14(16,17)13-7-6-12(19)18(13)11(9-20-13)8-10-4-2-1-3-5-10/h1-5,11H,6-9H2/t11-,13?/m0/s1. The van der Waals surface area contributed by atoms with E-state index in [9.17, 15) is 18.0 Å². The van der Waals surface area contributed by atoms with Crippen molar-refractivity contribution in [3.63, 3.8) is 0 Å². The number of fused-ring (bicyclic) bond motifs is 1. The van der Waals surface area contributed by atoms with E-state index in [0.29, 0.717) is 6.42 Å². The lowest BCUT2D eigenvalue weighted by Gasteiger charge is -2.34. The molecule has 2 heterocycles. The van der Waals surface area contributed by atoms with E-state index in [1.54, 1.807) is 0 Å². The summed E-state index contributed by atoms with van der Waals surface area (Å²) < 4.78 is 44.9. The molecule has 1 unspecified atom stereocenters. The van der Waals surface area contributed by atoms with E-state index >= 15 is 0 Å². The van der Waals surface area contributed by atoms with Crippen LogP contribution in [-0.4, -0.2) is 35.4 Å². The van der Waals surface area contributed by atoms with Gasteiger partial charge in [0.1, 0.15) is 0 Å². The topological polar surface area (TPSA) is 29.5 Å². The quantitative estimate of drug-likeness (QED) is 0.835. The van der Waals surface area contributed by atoms with Crippen molar-refractivity contribution in [3.8, 4) is 0 Å². The Morgan fingerprint density at radius 2 is 2.00 bits per heavy atom. The SMILES string of the molecule is O=C1CCC2(C(F)(F)F)OC[C@H](Cc3ccccc3)N12. The molecule has 20 heavy (non-hydrogen) atoms. The van der Waals surface area contributed by atoms with E-state index in [-0.39, 0.29) is 19.4 Å². The molecule has 2 aliphatic rings. The van der Waals surface area contributed by atoms with Gasteiger partial charge >= 0.3 is 6.18 Å². The van der Waals surface area contributed by atoms with Crippen LogP contribution < -0.4 is 0 Å². The Morgan fingerprint density at radius 1 is 1.30 bits per heavy atom. The first-order valence-corrected chi connectivity index (χ1v) is 6.51. The van der Waals surface area contributed by atoms with Crippen molar-refractivity contribution in [2.45, 2.75) is 37.2 Å². The summed E-state index contributed by atoms with van der Waals surface area (Å²) in [5.74, 6) is -0.472. The van der Waals surface area contributed by atoms with Gasteiger partial charge in [0, 0.05) is 12.8 Å². The van der Waals surface area contributed by atoms with Gasteiger partial charge in [-0.25, -0.2) is 0 Å². The molecule has 0 spiro atoms. The van der Waals surface area contributed by atoms with Crippen LogP contribution in [0.25, 0.3) is 0 Å². The molecule has 3 nitrogen and oxygen atoms in total. The fraction of sp³-hybridized carbons (Fsp3) is 0.500. The highest BCUT2D eigenvalue weighted by Crippen LogP contribution is 2.49. The Labute approximate surface area is 114 Å². The number of carbonyl (C=O) groups excluding carboxylic acids is 1. The maximum Gasteiger partial charge on any atom is 0.436 e. The minimum Gasteiger partial charge on any atom is -0.345 e. The van der Waals surface area contributed by atoms with Gasteiger partial charge in [-0.2, -0.15) is 13.2 Å². The summed E-state index contributed by atoms with van der Waals surface area (Å²) in [7, 11) is 0. The first-order valence-electron chi connectivity index (χ1n) is 6.51. The van der Waals surface area contributed by atoms with Crippen molar-refractivity contribution in [1.82, 2.24) is 4.90 Å². The van der Waals surface area contributed by atoms with Gasteiger partial charge in [-0.1, -0.05) is 30.3 Å². The monoisotopic (exact) mass is 285 g/mol. The van der Waals surface area contributed by atoms with Crippen LogP contribution in [0.4, 0.5) is 13.2 Å². The summed E-state index contributed by atoms with van der Waals surface area (Å²) in [5.41, 5.74) is -1.50. The number of hydrogen-bond donors (Lipinski definition) is 0. The van der Waals surface area contributed by atoms with Gasteiger partial charge in [0.15, 0.2) is 0 Å². The first-order chi connectivity index (χ1) is 9.44. The van der Waals surface area contributed by atoms with Gasteiger partial charge in [0.2, 0.25) is 11.6 Å². The number of carbonyl (C=O) groups is 1. The smallest absolute Gasteiger partial charge is 0.345 e. The molecule has 0 saturated carbocycles. The molecule has 0 N–H and O–H groups in total. The molecule has 0 bridgehead atoms. The predicted molar refractivity (Wildman–Crippen MR) is 64.8 cm³/mol. The molecule has 2 saturated heterocycles. The Kier molecular flexibility index (Phi) is 3.01. The zero-order valence-corrected chi connectivity index (χ0v) is 10.7. The Morgan fingerprint density at radius 3 is 2.65 bits per heavy atom. The molecule has 2 aliphatic heterocycles. The minimum absolute atomic E-state index is 0.0693. The molecule has 2 atom stereocenters. The second-order valence-electron chi connectivity index (χ2n) is 5.20. The van der Waals surface area contributed by atoms with E-state index in [1.165, 1.54) is 0 Å². The van der Waals surface area contributed by atoms with Crippen molar-refractivity contribution in [2.24, 2.45) is 0 Å². The number of amides is 1. The van der Waals surface area contributed by atoms with Crippen molar-refractivity contribution in [1.29, 1.82) is 0 Å². The third-order valence-corrected chi connectivity index (χ3v) is 3.97. The molecule has 2 fully saturated rings. The number of benzene rings is 1. The van der Waals surface area contributed by atoms with Crippen LogP contribution in [-0.2, 0) is 16.0 Å². The molecule has 108 valence electrons. The molecular formula is C14H14F3NO2. The van der Waals surface area contributed by atoms with Crippen molar-refractivity contribution in [3.05, 3.63) is 35.9 Å². The highest BCUT2D eigenvalue weighted by Gasteiger charge is 2.68. The average molecular weight is 285 g/mol. The lowest BCUT2D eigenvalue weighted by Crippen LogP contribution is -2.55. The van der Waals surface area contributed by atoms with E-state index in [4.69, 9.17) is 4.74 Å². The number of alkyl halides is 3. The normalized spacial score (nSPS) is 29.9. The lowest BCUT2D eigenvalue weighted by molar-refractivity contribution is -0.293. The highest BCUT2D eigenvalue weighted by molar-refractivity contribution is 5.80. The number of hydrogen-bond acceptors (Lipinski definition) is 2. The Hall–Kier alpha value is -1.56. The Bertz CT molecular complexity index is 517. The fourth-order valence-corrected chi connectivity index (χ4v) is 3.06. The third-order valence-electron chi connectivity index (χ3n) is 3.97. The maximum absolute atomic E-state index is 13.3. The Balaban J connectivity index is 1.87. The van der Waals surface area contributed by atoms with Crippen LogP contribution in [0.2, 0.25) is 0 Å². The second-order valence-corrected chi connectivity index (χ2v) is 5.20. The van der Waals surface area contributed by atoms with E-state index < -0.39 is 23.9 Å². The van der Waals surface area contributed by atoms with Gasteiger partial charge in [0.05, 0.1) is 12.6 Å². The molecule has 0 radical (unpaired) electrons. The molecular weight excluding hydrogens is 271 g/mol. The van der Waals surface area contributed by atoms with Crippen molar-refractivity contribution >= 4 is 5.91 Å². The molecule has 0 aromatic heterocycles.